The monoisotopic (exact) mass is 426 g/mol. The Balaban J connectivity index is 3.18. The summed E-state index contributed by atoms with van der Waals surface area (Å²) in [7, 11) is 0. The molecule has 0 aromatic carbocycles. The molecule has 0 aliphatic carbocycles. The first-order valence-electron chi connectivity index (χ1n) is 7.23. The Morgan fingerprint density at radius 2 is 1.28 bits per heavy atom. The van der Waals surface area contributed by atoms with E-state index in [4.69, 9.17) is 27.5 Å². The van der Waals surface area contributed by atoms with Crippen LogP contribution in [-0.4, -0.2) is 61.2 Å². The molecule has 1 fully saturated rings. The Bertz CT molecular complexity index is 522. The zero-order valence-corrected chi connectivity index (χ0v) is 15.6. The van der Waals surface area contributed by atoms with Gasteiger partial charge in [-0.15, -0.1) is 0 Å². The fraction of sp³-hybridized carbons (Fsp3) is 0.714. The van der Waals surface area contributed by atoms with Gasteiger partial charge in [0.1, 0.15) is 29.0 Å². The van der Waals surface area contributed by atoms with E-state index in [0.29, 0.717) is 0 Å². The highest BCUT2D eigenvalue weighted by Gasteiger charge is 2.52. The van der Waals surface area contributed by atoms with Crippen LogP contribution in [0.3, 0.4) is 0 Å². The second-order valence-corrected chi connectivity index (χ2v) is 5.53. The zero-order valence-electron chi connectivity index (χ0n) is 14.1. The Kier molecular flexibility index (Phi) is 8.26. The molecule has 25 heavy (non-hydrogen) atoms. The normalized spacial score (nSPS) is 28.6. The molecule has 1 aliphatic heterocycles. The van der Waals surface area contributed by atoms with Gasteiger partial charge in [-0.05, 0) is 0 Å². The molecule has 10 nitrogen and oxygen atoms in total. The van der Waals surface area contributed by atoms with Gasteiger partial charge in [-0.2, -0.15) is 0 Å². The fourth-order valence-electron chi connectivity index (χ4n) is 2.26. The first-order valence-corrected chi connectivity index (χ1v) is 7.88. The van der Waals surface area contributed by atoms with Crippen molar-refractivity contribution >= 4 is 40.1 Å². The van der Waals surface area contributed by atoms with Gasteiger partial charge in [-0.3, -0.25) is 23.0 Å². The van der Waals surface area contributed by atoms with Gasteiger partial charge in [0, 0.05) is 27.7 Å². The van der Waals surface area contributed by atoms with E-state index in [1.165, 1.54) is 6.92 Å². The number of hydrogen-bond acceptors (Lipinski definition) is 10. The van der Waals surface area contributed by atoms with Crippen LogP contribution < -0.4 is 0 Å². The number of carbonyl (C=O) groups excluding carboxylic acids is 4. The molecule has 0 spiro atoms. The SMILES string of the molecule is CC(=O)OC[C@@H]1O[C@@H](OBr)[C@@H](OC(C)=O)[C@H](OC(C)=O)[C@H]1OC(C)=O. The van der Waals surface area contributed by atoms with Crippen LogP contribution in [0, 0.1) is 0 Å². The van der Waals surface area contributed by atoms with E-state index in [1.54, 1.807) is 0 Å². The highest BCUT2D eigenvalue weighted by molar-refractivity contribution is 9.06. The summed E-state index contributed by atoms with van der Waals surface area (Å²) < 4.78 is 30.8. The lowest BCUT2D eigenvalue weighted by Crippen LogP contribution is -2.62. The highest BCUT2D eigenvalue weighted by atomic mass is 79.9. The van der Waals surface area contributed by atoms with Crippen LogP contribution in [0.2, 0.25) is 0 Å². The van der Waals surface area contributed by atoms with E-state index < -0.39 is 54.6 Å². The molecule has 0 aromatic heterocycles. The largest absolute Gasteiger partial charge is 0.463 e. The molecule has 1 aliphatic rings. The summed E-state index contributed by atoms with van der Waals surface area (Å²) >= 11 is 2.74. The quantitative estimate of drug-likeness (QED) is 0.435. The maximum Gasteiger partial charge on any atom is 0.303 e. The average molecular weight is 427 g/mol. The smallest absolute Gasteiger partial charge is 0.303 e. The molecule has 1 heterocycles. The number of rotatable bonds is 6. The van der Waals surface area contributed by atoms with Crippen LogP contribution in [-0.2, 0) is 46.7 Å². The van der Waals surface area contributed by atoms with Crippen LogP contribution in [0.1, 0.15) is 27.7 Å². The summed E-state index contributed by atoms with van der Waals surface area (Å²) in [5.41, 5.74) is 0. The number of halogens is 1. The van der Waals surface area contributed by atoms with Crippen LogP contribution in [0.5, 0.6) is 0 Å². The zero-order chi connectivity index (χ0) is 19.1. The van der Waals surface area contributed by atoms with Crippen LogP contribution in [0.25, 0.3) is 0 Å². The van der Waals surface area contributed by atoms with Crippen LogP contribution in [0.15, 0.2) is 0 Å². The molecular weight excluding hydrogens is 408 g/mol. The summed E-state index contributed by atoms with van der Waals surface area (Å²) in [4.78, 5) is 45.3. The van der Waals surface area contributed by atoms with Gasteiger partial charge in [0.15, 0.2) is 18.3 Å². The Hall–Kier alpha value is -1.72. The van der Waals surface area contributed by atoms with Crippen molar-refractivity contribution in [3.63, 3.8) is 0 Å². The second-order valence-electron chi connectivity index (χ2n) is 5.16. The summed E-state index contributed by atoms with van der Waals surface area (Å²) in [6, 6.07) is 0. The average Bonchev–Trinajstić information content (AvgIpc) is 2.48. The van der Waals surface area contributed by atoms with E-state index >= 15 is 0 Å². The van der Waals surface area contributed by atoms with E-state index in [9.17, 15) is 19.2 Å². The lowest BCUT2D eigenvalue weighted by molar-refractivity contribution is -0.284. The minimum Gasteiger partial charge on any atom is -0.463 e. The Morgan fingerprint density at radius 3 is 1.72 bits per heavy atom. The van der Waals surface area contributed by atoms with Gasteiger partial charge in [-0.25, -0.2) is 0 Å². The molecule has 0 N–H and O–H groups in total. The Labute approximate surface area is 152 Å². The lowest BCUT2D eigenvalue weighted by atomic mass is 9.98. The molecule has 1 rings (SSSR count). The fourth-order valence-corrected chi connectivity index (χ4v) is 2.56. The van der Waals surface area contributed by atoms with Crippen molar-refractivity contribution in [2.45, 2.75) is 58.4 Å². The summed E-state index contributed by atoms with van der Waals surface area (Å²) in [6.07, 6.45) is -5.88. The molecule has 5 atom stereocenters. The minimum atomic E-state index is -1.23. The van der Waals surface area contributed by atoms with Gasteiger partial charge in [-0.1, -0.05) is 0 Å². The first-order chi connectivity index (χ1) is 11.6. The molecular formula is C14H19BrO10. The highest BCUT2D eigenvalue weighted by Crippen LogP contribution is 2.30. The number of esters is 4. The van der Waals surface area contributed by atoms with Crippen molar-refractivity contribution in [2.75, 3.05) is 6.61 Å². The first kappa shape index (κ1) is 21.3. The van der Waals surface area contributed by atoms with Crippen molar-refractivity contribution in [2.24, 2.45) is 0 Å². The third-order valence-corrected chi connectivity index (χ3v) is 3.40. The molecule has 0 bridgehead atoms. The van der Waals surface area contributed by atoms with Crippen LogP contribution in [0.4, 0.5) is 0 Å². The predicted octanol–water partition coefficient (Wildman–Crippen LogP) is 0.396. The van der Waals surface area contributed by atoms with Crippen molar-refractivity contribution in [1.29, 1.82) is 0 Å². The summed E-state index contributed by atoms with van der Waals surface area (Å²) in [5, 5.41) is 0. The minimum absolute atomic E-state index is 0.301. The summed E-state index contributed by atoms with van der Waals surface area (Å²) in [6.45, 7) is 4.30. The van der Waals surface area contributed by atoms with Crippen LogP contribution >= 0.6 is 16.3 Å². The van der Waals surface area contributed by atoms with E-state index in [-0.39, 0.29) is 6.61 Å². The van der Waals surface area contributed by atoms with Crippen molar-refractivity contribution in [3.05, 3.63) is 0 Å². The number of hydrogen-bond donors (Lipinski definition) is 0. The number of ether oxygens (including phenoxy) is 5. The second kappa shape index (κ2) is 9.68. The maximum absolute atomic E-state index is 11.5. The van der Waals surface area contributed by atoms with E-state index in [0.717, 1.165) is 20.8 Å². The Morgan fingerprint density at radius 1 is 0.800 bits per heavy atom. The molecule has 0 radical (unpaired) electrons. The van der Waals surface area contributed by atoms with Gasteiger partial charge in [0.2, 0.25) is 6.29 Å². The van der Waals surface area contributed by atoms with Crippen molar-refractivity contribution < 1.29 is 46.7 Å². The molecule has 0 aromatic rings. The molecule has 11 heteroatoms. The number of carbonyl (C=O) groups is 4. The molecule has 1 saturated heterocycles. The third-order valence-electron chi connectivity index (χ3n) is 3.04. The standard InChI is InChI=1S/C14H19BrO10/c1-6(16)20-5-10-11(21-7(2)17)12(22-8(3)18)13(23-9(4)19)14(24-10)25-15/h10-14H,5H2,1-4H3/t10-,11-,12+,13-,14-/m0/s1. The molecule has 0 unspecified atom stereocenters. The van der Waals surface area contributed by atoms with Gasteiger partial charge in [0.25, 0.3) is 0 Å². The van der Waals surface area contributed by atoms with Crippen molar-refractivity contribution in [1.82, 2.24) is 0 Å². The van der Waals surface area contributed by atoms with Gasteiger partial charge >= 0.3 is 23.9 Å². The van der Waals surface area contributed by atoms with Crippen molar-refractivity contribution in [3.8, 4) is 0 Å². The predicted molar refractivity (Wildman–Crippen MR) is 82.0 cm³/mol. The lowest BCUT2D eigenvalue weighted by Gasteiger charge is -2.43. The molecule has 0 saturated carbocycles. The molecule has 142 valence electrons. The molecule has 0 amide bonds. The van der Waals surface area contributed by atoms with E-state index in [1.807, 2.05) is 0 Å². The maximum atomic E-state index is 11.5. The van der Waals surface area contributed by atoms with Gasteiger partial charge < -0.3 is 23.7 Å². The third kappa shape index (κ3) is 6.59. The topological polar surface area (TPSA) is 124 Å². The summed E-state index contributed by atoms with van der Waals surface area (Å²) in [5.74, 6) is -2.69. The van der Waals surface area contributed by atoms with E-state index in [2.05, 4.69) is 16.3 Å². The van der Waals surface area contributed by atoms with Gasteiger partial charge in [0.05, 0.1) is 0 Å².